The van der Waals surface area contributed by atoms with Crippen LogP contribution in [-0.2, 0) is 4.74 Å². The minimum atomic E-state index is -0.149. The minimum absolute atomic E-state index is 0.0105. The molecule has 1 aromatic carbocycles. The molecule has 0 spiro atoms. The molecule has 0 aliphatic rings. The van der Waals surface area contributed by atoms with Crippen molar-refractivity contribution in [3.63, 3.8) is 0 Å². The summed E-state index contributed by atoms with van der Waals surface area (Å²) < 4.78 is 17.2. The maximum Gasteiger partial charge on any atom is 0.251 e. The maximum atomic E-state index is 12.3. The molecule has 126 valence electrons. The summed E-state index contributed by atoms with van der Waals surface area (Å²) in [5.41, 5.74) is 1.14. The molecule has 0 radical (unpaired) electrons. The Hall–Kier alpha value is -1.53. The van der Waals surface area contributed by atoms with Gasteiger partial charge in [0.1, 0.15) is 11.3 Å². The summed E-state index contributed by atoms with van der Waals surface area (Å²) in [7, 11) is 0. The van der Waals surface area contributed by atoms with Crippen molar-refractivity contribution < 1.29 is 18.7 Å². The fraction of sp³-hybridized carbons (Fsp3) is 0.471. The zero-order valence-corrected chi connectivity index (χ0v) is 15.2. The highest BCUT2D eigenvalue weighted by molar-refractivity contribution is 9.10. The van der Waals surface area contributed by atoms with Gasteiger partial charge in [0.25, 0.3) is 5.91 Å². The highest BCUT2D eigenvalue weighted by Crippen LogP contribution is 2.33. The van der Waals surface area contributed by atoms with Crippen LogP contribution < -0.4 is 10.1 Å². The summed E-state index contributed by atoms with van der Waals surface area (Å²) in [5, 5.41) is 3.73. The molecule has 0 aliphatic carbocycles. The summed E-state index contributed by atoms with van der Waals surface area (Å²) in [6.45, 7) is 7.74. The van der Waals surface area contributed by atoms with Gasteiger partial charge in [0.2, 0.25) is 0 Å². The second-order valence-electron chi connectivity index (χ2n) is 5.41. The van der Waals surface area contributed by atoms with E-state index in [1.54, 1.807) is 12.1 Å². The maximum absolute atomic E-state index is 12.3. The molecule has 1 amide bonds. The third-order valence-electron chi connectivity index (χ3n) is 3.15. The number of benzene rings is 1. The van der Waals surface area contributed by atoms with E-state index in [-0.39, 0.29) is 12.0 Å². The zero-order chi connectivity index (χ0) is 16.8. The number of halogens is 1. The fourth-order valence-corrected chi connectivity index (χ4v) is 2.58. The molecule has 0 atom stereocenters. The number of fused-ring (bicyclic) bond motifs is 1. The molecule has 1 aromatic heterocycles. The van der Waals surface area contributed by atoms with Crippen molar-refractivity contribution in [2.24, 2.45) is 0 Å². The molecule has 2 rings (SSSR count). The van der Waals surface area contributed by atoms with Crippen LogP contribution in [0.5, 0.6) is 5.75 Å². The molecular formula is C17H22BrNO4. The van der Waals surface area contributed by atoms with E-state index in [0.29, 0.717) is 41.3 Å². The van der Waals surface area contributed by atoms with Gasteiger partial charge < -0.3 is 19.2 Å². The number of nitrogens with one attached hydrogen (secondary N) is 1. The van der Waals surface area contributed by atoms with Crippen molar-refractivity contribution in [1.82, 2.24) is 5.32 Å². The lowest BCUT2D eigenvalue weighted by Gasteiger charge is -2.12. The second kappa shape index (κ2) is 8.36. The Morgan fingerprint density at radius 3 is 2.83 bits per heavy atom. The number of hydrogen-bond acceptors (Lipinski definition) is 4. The SMILES string of the molecule is CCOCCCNC(=O)c1cc(OC(C)C)c2cc(Br)oc2c1. The van der Waals surface area contributed by atoms with E-state index < -0.39 is 0 Å². The first-order valence-corrected chi connectivity index (χ1v) is 8.56. The van der Waals surface area contributed by atoms with E-state index >= 15 is 0 Å². The predicted octanol–water partition coefficient (Wildman–Crippen LogP) is 4.14. The first-order chi connectivity index (χ1) is 11.0. The molecule has 0 saturated carbocycles. The smallest absolute Gasteiger partial charge is 0.251 e. The van der Waals surface area contributed by atoms with Crippen molar-refractivity contribution in [3.05, 3.63) is 28.4 Å². The summed E-state index contributed by atoms with van der Waals surface area (Å²) in [4.78, 5) is 12.3. The van der Waals surface area contributed by atoms with Gasteiger partial charge in [-0.15, -0.1) is 0 Å². The number of amides is 1. The number of carbonyl (C=O) groups is 1. The van der Waals surface area contributed by atoms with E-state index in [1.165, 1.54) is 0 Å². The minimum Gasteiger partial charge on any atom is -0.490 e. The number of furan rings is 1. The highest BCUT2D eigenvalue weighted by Gasteiger charge is 2.15. The quantitative estimate of drug-likeness (QED) is 0.695. The van der Waals surface area contributed by atoms with E-state index in [9.17, 15) is 4.79 Å². The van der Waals surface area contributed by atoms with Crippen LogP contribution in [0.1, 0.15) is 37.6 Å². The Balaban J connectivity index is 2.14. The molecule has 0 bridgehead atoms. The molecule has 0 unspecified atom stereocenters. The van der Waals surface area contributed by atoms with Gasteiger partial charge in [-0.2, -0.15) is 0 Å². The van der Waals surface area contributed by atoms with E-state index in [4.69, 9.17) is 13.9 Å². The van der Waals surface area contributed by atoms with Crippen molar-refractivity contribution >= 4 is 32.8 Å². The first-order valence-electron chi connectivity index (χ1n) is 7.77. The molecule has 5 nitrogen and oxygen atoms in total. The second-order valence-corrected chi connectivity index (χ2v) is 6.19. The first kappa shape index (κ1) is 17.8. The van der Waals surface area contributed by atoms with Crippen molar-refractivity contribution in [2.75, 3.05) is 19.8 Å². The topological polar surface area (TPSA) is 60.7 Å². The van der Waals surface area contributed by atoms with Gasteiger partial charge in [0.15, 0.2) is 4.67 Å². The highest BCUT2D eigenvalue weighted by atomic mass is 79.9. The van der Waals surface area contributed by atoms with Crippen LogP contribution >= 0.6 is 15.9 Å². The molecule has 0 saturated heterocycles. The molecule has 2 aromatic rings. The average Bonchev–Trinajstić information content (AvgIpc) is 2.87. The lowest BCUT2D eigenvalue weighted by atomic mass is 10.1. The summed E-state index contributed by atoms with van der Waals surface area (Å²) >= 11 is 3.32. The van der Waals surface area contributed by atoms with Crippen molar-refractivity contribution in [3.8, 4) is 5.75 Å². The lowest BCUT2D eigenvalue weighted by molar-refractivity contribution is 0.0943. The largest absolute Gasteiger partial charge is 0.490 e. The van der Waals surface area contributed by atoms with Gasteiger partial charge in [-0.3, -0.25) is 4.79 Å². The van der Waals surface area contributed by atoms with Crippen LogP contribution in [0.15, 0.2) is 27.3 Å². The van der Waals surface area contributed by atoms with Crippen molar-refractivity contribution in [1.29, 1.82) is 0 Å². The molecule has 23 heavy (non-hydrogen) atoms. The van der Waals surface area contributed by atoms with Crippen LogP contribution in [0.3, 0.4) is 0 Å². The number of ether oxygens (including phenoxy) is 2. The van der Waals surface area contributed by atoms with Crippen LogP contribution in [-0.4, -0.2) is 31.8 Å². The molecule has 1 heterocycles. The van der Waals surface area contributed by atoms with E-state index in [1.807, 2.05) is 26.8 Å². The van der Waals surface area contributed by atoms with Crippen molar-refractivity contribution in [2.45, 2.75) is 33.3 Å². The van der Waals surface area contributed by atoms with E-state index in [2.05, 4.69) is 21.2 Å². The summed E-state index contributed by atoms with van der Waals surface area (Å²) in [6, 6.07) is 5.32. The lowest BCUT2D eigenvalue weighted by Crippen LogP contribution is -2.25. The summed E-state index contributed by atoms with van der Waals surface area (Å²) in [5.74, 6) is 0.496. The average molecular weight is 384 g/mol. The third-order valence-corrected chi connectivity index (χ3v) is 3.54. The van der Waals surface area contributed by atoms with Crippen LogP contribution in [0, 0.1) is 0 Å². The number of hydrogen-bond donors (Lipinski definition) is 1. The Morgan fingerprint density at radius 1 is 1.35 bits per heavy atom. The fourth-order valence-electron chi connectivity index (χ4n) is 2.18. The van der Waals surface area contributed by atoms with Gasteiger partial charge in [-0.25, -0.2) is 0 Å². The summed E-state index contributed by atoms with van der Waals surface area (Å²) in [6.07, 6.45) is 0.792. The standard InChI is InChI=1S/C17H22BrNO4/c1-4-21-7-5-6-19-17(20)12-8-14(22-11(2)3)13-10-16(18)23-15(13)9-12/h8-11H,4-7H2,1-3H3,(H,19,20). The Labute approximate surface area is 144 Å². The number of rotatable bonds is 8. The molecule has 1 N–H and O–H groups in total. The molecule has 0 fully saturated rings. The van der Waals surface area contributed by atoms with Gasteiger partial charge in [-0.1, -0.05) is 0 Å². The van der Waals surface area contributed by atoms with Crippen LogP contribution in [0.25, 0.3) is 11.0 Å². The monoisotopic (exact) mass is 383 g/mol. The zero-order valence-electron chi connectivity index (χ0n) is 13.6. The third kappa shape index (κ3) is 4.97. The molecule has 0 aliphatic heterocycles. The predicted molar refractivity (Wildman–Crippen MR) is 93.1 cm³/mol. The van der Waals surface area contributed by atoms with E-state index in [0.717, 1.165) is 11.8 Å². The van der Waals surface area contributed by atoms with Crippen LogP contribution in [0.4, 0.5) is 0 Å². The Bertz CT molecular complexity index is 666. The number of carbonyl (C=O) groups excluding carboxylic acids is 1. The Morgan fingerprint density at radius 2 is 2.13 bits per heavy atom. The van der Waals surface area contributed by atoms with Gasteiger partial charge in [-0.05, 0) is 55.3 Å². The normalized spacial score (nSPS) is 11.2. The van der Waals surface area contributed by atoms with Crippen LogP contribution in [0.2, 0.25) is 0 Å². The van der Waals surface area contributed by atoms with Gasteiger partial charge >= 0.3 is 0 Å². The molecular weight excluding hydrogens is 362 g/mol. The van der Waals surface area contributed by atoms with Gasteiger partial charge in [0, 0.05) is 31.4 Å². The Kier molecular flexibility index (Phi) is 6.47. The van der Waals surface area contributed by atoms with Gasteiger partial charge in [0.05, 0.1) is 11.5 Å². The molecule has 6 heteroatoms.